The molecule has 0 rings (SSSR count). The summed E-state index contributed by atoms with van der Waals surface area (Å²) in [5.41, 5.74) is 3.10. The summed E-state index contributed by atoms with van der Waals surface area (Å²) in [6.45, 7) is 3.52. The molecule has 0 bridgehead atoms. The van der Waals surface area contributed by atoms with E-state index in [1.54, 1.807) is 0 Å². The molecule has 0 atom stereocenters. The van der Waals surface area contributed by atoms with Crippen LogP contribution < -0.4 is 5.43 Å². The number of hydrogen-bond acceptors (Lipinski definition) is 2. The van der Waals surface area contributed by atoms with E-state index in [0.717, 1.165) is 6.54 Å². The van der Waals surface area contributed by atoms with E-state index in [1.165, 1.54) is 0 Å². The first-order valence-electron chi connectivity index (χ1n) is 3.78. The van der Waals surface area contributed by atoms with E-state index in [4.69, 9.17) is 5.11 Å². The fraction of sp³-hybridized carbons (Fsp3) is 0.857. The number of nitrogens with zero attached hydrogens (tertiary/aromatic N) is 1. The molecule has 0 aliphatic carbocycles. The van der Waals surface area contributed by atoms with Crippen LogP contribution in [-0.2, 0) is 4.79 Å². The van der Waals surface area contributed by atoms with Crippen LogP contribution in [0.5, 0.6) is 0 Å². The van der Waals surface area contributed by atoms with Crippen LogP contribution in [0, 0.1) is 0 Å². The maximum absolute atomic E-state index is 10.1. The molecule has 2 N–H and O–H groups in total. The zero-order valence-electron chi connectivity index (χ0n) is 7.42. The molecule has 0 aromatic heterocycles. The first kappa shape index (κ1) is 10.4. The van der Waals surface area contributed by atoms with Gasteiger partial charge in [0.05, 0.1) is 33.6 Å². The summed E-state index contributed by atoms with van der Waals surface area (Å²) in [5.74, 6) is -0.756. The van der Waals surface area contributed by atoms with Crippen molar-refractivity contribution in [1.82, 2.24) is 5.43 Å². The molecule has 0 aliphatic rings. The van der Waals surface area contributed by atoms with Crippen molar-refractivity contribution < 1.29 is 14.5 Å². The summed E-state index contributed by atoms with van der Waals surface area (Å²) in [5, 5.41) is 8.34. The second-order valence-electron chi connectivity index (χ2n) is 3.05. The molecule has 0 saturated heterocycles. The van der Waals surface area contributed by atoms with Crippen LogP contribution in [0.2, 0.25) is 0 Å². The quantitative estimate of drug-likeness (QED) is 0.443. The maximum atomic E-state index is 10.1. The van der Waals surface area contributed by atoms with Gasteiger partial charge in [-0.3, -0.25) is 9.39 Å². The van der Waals surface area contributed by atoms with Gasteiger partial charge in [0.25, 0.3) is 0 Å². The Balaban J connectivity index is 3.45. The second kappa shape index (κ2) is 4.31. The molecule has 4 nitrogen and oxygen atoms in total. The predicted molar refractivity (Wildman–Crippen MR) is 42.9 cm³/mol. The summed E-state index contributed by atoms with van der Waals surface area (Å²) in [4.78, 5) is 10.1. The van der Waals surface area contributed by atoms with E-state index in [0.29, 0.717) is 11.1 Å². The molecule has 66 valence electrons. The monoisotopic (exact) mass is 161 g/mol. The lowest BCUT2D eigenvalue weighted by Crippen LogP contribution is -2.51. The number of quaternary nitrogens is 1. The standard InChI is InChI=1S/C7H16N2O2/c1-4-9(2,3)8-6-5-7(10)11/h8H,4-6H2,1-3H3/p+1. The molecule has 0 fully saturated rings. The van der Waals surface area contributed by atoms with Gasteiger partial charge in [-0.1, -0.05) is 0 Å². The molecular formula is C7H17N2O2+. The summed E-state index contributed by atoms with van der Waals surface area (Å²) < 4.78 is 0.660. The Hall–Kier alpha value is -0.610. The zero-order valence-corrected chi connectivity index (χ0v) is 7.42. The minimum atomic E-state index is -0.756. The number of carbonyl (C=O) groups is 1. The van der Waals surface area contributed by atoms with Crippen molar-refractivity contribution in [3.63, 3.8) is 0 Å². The van der Waals surface area contributed by atoms with Gasteiger partial charge in [0.15, 0.2) is 0 Å². The van der Waals surface area contributed by atoms with Crippen LogP contribution in [0.1, 0.15) is 13.3 Å². The van der Waals surface area contributed by atoms with Crippen LogP contribution in [0.15, 0.2) is 0 Å². The van der Waals surface area contributed by atoms with Crippen molar-refractivity contribution in [3.05, 3.63) is 0 Å². The highest BCUT2D eigenvalue weighted by molar-refractivity contribution is 5.66. The smallest absolute Gasteiger partial charge is 0.304 e. The van der Waals surface area contributed by atoms with Gasteiger partial charge >= 0.3 is 5.97 Å². The zero-order chi connectivity index (χ0) is 8.91. The van der Waals surface area contributed by atoms with Gasteiger partial charge in [-0.05, 0) is 6.92 Å². The van der Waals surface area contributed by atoms with E-state index in [-0.39, 0.29) is 6.42 Å². The lowest BCUT2D eigenvalue weighted by atomic mass is 10.4. The van der Waals surface area contributed by atoms with E-state index in [1.807, 2.05) is 21.0 Å². The summed E-state index contributed by atoms with van der Waals surface area (Å²) in [6.07, 6.45) is 0.182. The number of aliphatic carboxylic acids is 1. The molecule has 0 unspecified atom stereocenters. The average molecular weight is 161 g/mol. The van der Waals surface area contributed by atoms with E-state index >= 15 is 0 Å². The molecule has 0 aliphatic heterocycles. The van der Waals surface area contributed by atoms with Gasteiger partial charge in [-0.25, -0.2) is 0 Å². The van der Waals surface area contributed by atoms with Crippen molar-refractivity contribution in [1.29, 1.82) is 0 Å². The Bertz CT molecular complexity index is 134. The molecular weight excluding hydrogens is 144 g/mol. The van der Waals surface area contributed by atoms with Crippen LogP contribution >= 0.6 is 0 Å². The number of carboxylic acid groups (broad SMARTS) is 1. The third kappa shape index (κ3) is 5.82. The Kier molecular flexibility index (Phi) is 4.07. The Morgan fingerprint density at radius 1 is 1.55 bits per heavy atom. The fourth-order valence-corrected chi connectivity index (χ4v) is 0.577. The van der Waals surface area contributed by atoms with Crippen molar-refractivity contribution in [2.24, 2.45) is 0 Å². The molecule has 0 spiro atoms. The summed E-state index contributed by atoms with van der Waals surface area (Å²) in [6, 6.07) is 0. The molecule has 0 saturated carbocycles. The molecule has 0 radical (unpaired) electrons. The predicted octanol–water partition coefficient (Wildman–Crippen LogP) is 0.0620. The van der Waals surface area contributed by atoms with Crippen LogP contribution in [0.4, 0.5) is 0 Å². The highest BCUT2D eigenvalue weighted by Gasteiger charge is 2.10. The van der Waals surface area contributed by atoms with Gasteiger partial charge in [0.1, 0.15) is 0 Å². The number of nitrogens with one attached hydrogen (secondary N) is 1. The topological polar surface area (TPSA) is 49.3 Å². The second-order valence-corrected chi connectivity index (χ2v) is 3.05. The van der Waals surface area contributed by atoms with Gasteiger partial charge < -0.3 is 5.11 Å². The van der Waals surface area contributed by atoms with E-state index in [2.05, 4.69) is 5.43 Å². The first-order chi connectivity index (χ1) is 4.98. The Morgan fingerprint density at radius 3 is 2.45 bits per heavy atom. The lowest BCUT2D eigenvalue weighted by molar-refractivity contribution is -0.932. The fourth-order valence-electron chi connectivity index (χ4n) is 0.577. The van der Waals surface area contributed by atoms with Crippen molar-refractivity contribution in [3.8, 4) is 0 Å². The SMILES string of the molecule is CC[N+](C)(C)NCCC(=O)O. The molecule has 4 heteroatoms. The third-order valence-corrected chi connectivity index (χ3v) is 1.67. The summed E-state index contributed by atoms with van der Waals surface area (Å²) >= 11 is 0. The number of hydrogen-bond donors (Lipinski definition) is 2. The molecule has 0 heterocycles. The van der Waals surface area contributed by atoms with Crippen molar-refractivity contribution >= 4 is 5.97 Å². The van der Waals surface area contributed by atoms with Crippen molar-refractivity contribution in [2.75, 3.05) is 27.2 Å². The Morgan fingerprint density at radius 2 is 2.09 bits per heavy atom. The highest BCUT2D eigenvalue weighted by Crippen LogP contribution is 1.88. The van der Waals surface area contributed by atoms with E-state index in [9.17, 15) is 4.79 Å². The number of carboxylic acids is 1. The first-order valence-corrected chi connectivity index (χ1v) is 3.78. The lowest BCUT2D eigenvalue weighted by Gasteiger charge is -2.27. The third-order valence-electron chi connectivity index (χ3n) is 1.67. The largest absolute Gasteiger partial charge is 0.481 e. The minimum Gasteiger partial charge on any atom is -0.481 e. The van der Waals surface area contributed by atoms with Gasteiger partial charge in [-0.2, -0.15) is 5.43 Å². The number of rotatable bonds is 5. The van der Waals surface area contributed by atoms with Crippen molar-refractivity contribution in [2.45, 2.75) is 13.3 Å². The molecule has 11 heavy (non-hydrogen) atoms. The molecule has 0 aromatic rings. The average Bonchev–Trinajstić information content (AvgIpc) is 1.87. The van der Waals surface area contributed by atoms with Gasteiger partial charge in [-0.15, -0.1) is 0 Å². The molecule has 0 amide bonds. The van der Waals surface area contributed by atoms with Gasteiger partial charge in [0.2, 0.25) is 0 Å². The minimum absolute atomic E-state index is 0.182. The van der Waals surface area contributed by atoms with Crippen LogP contribution in [0.25, 0.3) is 0 Å². The van der Waals surface area contributed by atoms with Gasteiger partial charge in [0, 0.05) is 0 Å². The Labute approximate surface area is 67.4 Å². The summed E-state index contributed by atoms with van der Waals surface area (Å²) in [7, 11) is 4.00. The highest BCUT2D eigenvalue weighted by atomic mass is 16.4. The van der Waals surface area contributed by atoms with Crippen LogP contribution in [0.3, 0.4) is 0 Å². The normalized spacial score (nSPS) is 11.5. The van der Waals surface area contributed by atoms with E-state index < -0.39 is 5.97 Å². The van der Waals surface area contributed by atoms with Crippen LogP contribution in [-0.4, -0.2) is 42.9 Å². The molecule has 0 aromatic carbocycles. The maximum Gasteiger partial charge on any atom is 0.304 e.